The number of nitrogens with zero attached hydrogens (tertiary/aromatic N) is 3. The Balaban J connectivity index is 2.63. The van der Waals surface area contributed by atoms with Crippen LogP contribution >= 0.6 is 0 Å². The predicted molar refractivity (Wildman–Crippen MR) is 67.8 cm³/mol. The van der Waals surface area contributed by atoms with Crippen molar-refractivity contribution in [2.75, 3.05) is 37.9 Å². The van der Waals surface area contributed by atoms with Gasteiger partial charge in [-0.2, -0.15) is 4.98 Å². The molecule has 0 bridgehead atoms. The van der Waals surface area contributed by atoms with E-state index in [2.05, 4.69) is 20.6 Å². The van der Waals surface area contributed by atoms with Gasteiger partial charge < -0.3 is 15.4 Å². The molecule has 18 heavy (non-hydrogen) atoms. The van der Waals surface area contributed by atoms with Crippen molar-refractivity contribution in [2.24, 2.45) is 0 Å². The Morgan fingerprint density at radius 3 is 2.89 bits per heavy atom. The number of nitro groups is 1. The first kappa shape index (κ1) is 14.1. The molecule has 0 atom stereocenters. The van der Waals surface area contributed by atoms with Crippen molar-refractivity contribution in [1.29, 1.82) is 0 Å². The summed E-state index contributed by atoms with van der Waals surface area (Å²) < 4.78 is 4.92. The summed E-state index contributed by atoms with van der Waals surface area (Å²) in [6.45, 7) is 1.28. The van der Waals surface area contributed by atoms with Gasteiger partial charge in [-0.15, -0.1) is 0 Å². The molecule has 1 heterocycles. The van der Waals surface area contributed by atoms with Crippen LogP contribution in [0.15, 0.2) is 6.20 Å². The summed E-state index contributed by atoms with van der Waals surface area (Å²) in [4.78, 5) is 18.1. The number of ether oxygens (including phenoxy) is 1. The van der Waals surface area contributed by atoms with Gasteiger partial charge in [0.15, 0.2) is 0 Å². The zero-order valence-electron chi connectivity index (χ0n) is 10.5. The van der Waals surface area contributed by atoms with Crippen molar-refractivity contribution in [3.63, 3.8) is 0 Å². The van der Waals surface area contributed by atoms with E-state index in [9.17, 15) is 10.1 Å². The Bertz CT molecular complexity index is 399. The van der Waals surface area contributed by atoms with Crippen LogP contribution in [0.1, 0.15) is 12.8 Å². The van der Waals surface area contributed by atoms with E-state index in [1.807, 2.05) is 0 Å². The molecule has 0 radical (unpaired) electrons. The summed E-state index contributed by atoms with van der Waals surface area (Å²) >= 11 is 0. The molecule has 0 aliphatic carbocycles. The molecular weight excluding hydrogens is 238 g/mol. The fraction of sp³-hybridized carbons (Fsp3) is 0.600. The second-order valence-corrected chi connectivity index (χ2v) is 3.56. The summed E-state index contributed by atoms with van der Waals surface area (Å²) in [7, 11) is 3.30. The number of anilines is 2. The van der Waals surface area contributed by atoms with Crippen LogP contribution < -0.4 is 10.6 Å². The molecule has 2 N–H and O–H groups in total. The minimum Gasteiger partial charge on any atom is -0.385 e. The van der Waals surface area contributed by atoms with Crippen LogP contribution in [-0.2, 0) is 4.74 Å². The molecule has 1 aromatic heterocycles. The van der Waals surface area contributed by atoms with Crippen LogP contribution in [0.2, 0.25) is 0 Å². The lowest BCUT2D eigenvalue weighted by Crippen LogP contribution is -2.09. The monoisotopic (exact) mass is 255 g/mol. The standard InChI is InChI=1S/C10H17N5O3/c1-11-10-13-7-8(15(16)17)9(14-10)12-5-3-4-6-18-2/h7H,3-6H2,1-2H3,(H2,11,12,13,14). The van der Waals surface area contributed by atoms with Crippen LogP contribution in [0.25, 0.3) is 0 Å². The van der Waals surface area contributed by atoms with E-state index >= 15 is 0 Å². The number of rotatable bonds is 8. The maximum Gasteiger partial charge on any atom is 0.329 e. The number of unbranched alkanes of at least 4 members (excludes halogenated alkanes) is 1. The van der Waals surface area contributed by atoms with E-state index < -0.39 is 4.92 Å². The smallest absolute Gasteiger partial charge is 0.329 e. The summed E-state index contributed by atoms with van der Waals surface area (Å²) in [6, 6.07) is 0. The Labute approximate surface area is 105 Å². The van der Waals surface area contributed by atoms with Gasteiger partial charge >= 0.3 is 5.69 Å². The van der Waals surface area contributed by atoms with Gasteiger partial charge in [-0.1, -0.05) is 0 Å². The quantitative estimate of drug-likeness (QED) is 0.409. The Morgan fingerprint density at radius 2 is 2.28 bits per heavy atom. The highest BCUT2D eigenvalue weighted by atomic mass is 16.6. The Morgan fingerprint density at radius 1 is 1.50 bits per heavy atom. The summed E-state index contributed by atoms with van der Waals surface area (Å²) in [5.74, 6) is 0.580. The number of hydrogen-bond donors (Lipinski definition) is 2. The SMILES string of the molecule is CNc1ncc([N+](=O)[O-])c(NCCCCOC)n1. The number of methoxy groups -OCH3 is 1. The molecule has 0 aromatic carbocycles. The minimum absolute atomic E-state index is 0.124. The van der Waals surface area contributed by atoms with Crippen molar-refractivity contribution < 1.29 is 9.66 Å². The number of nitrogens with one attached hydrogen (secondary N) is 2. The van der Waals surface area contributed by atoms with Gasteiger partial charge in [0.2, 0.25) is 11.8 Å². The van der Waals surface area contributed by atoms with Crippen molar-refractivity contribution in [1.82, 2.24) is 9.97 Å². The molecule has 8 nitrogen and oxygen atoms in total. The van der Waals surface area contributed by atoms with Crippen molar-refractivity contribution >= 4 is 17.5 Å². The number of aromatic nitrogens is 2. The molecular formula is C10H17N5O3. The molecule has 0 amide bonds. The maximum atomic E-state index is 10.8. The van der Waals surface area contributed by atoms with E-state index in [-0.39, 0.29) is 11.5 Å². The lowest BCUT2D eigenvalue weighted by molar-refractivity contribution is -0.384. The molecule has 0 unspecified atom stereocenters. The molecule has 0 aliphatic heterocycles. The van der Waals surface area contributed by atoms with Gasteiger partial charge in [0.1, 0.15) is 6.20 Å². The zero-order chi connectivity index (χ0) is 13.4. The highest BCUT2D eigenvalue weighted by molar-refractivity contribution is 5.56. The van der Waals surface area contributed by atoms with Crippen molar-refractivity contribution in [3.05, 3.63) is 16.3 Å². The zero-order valence-corrected chi connectivity index (χ0v) is 10.5. The third kappa shape index (κ3) is 4.13. The van der Waals surface area contributed by atoms with E-state index in [0.717, 1.165) is 12.8 Å². The van der Waals surface area contributed by atoms with Gasteiger partial charge in [0.05, 0.1) is 4.92 Å². The van der Waals surface area contributed by atoms with Crippen LogP contribution in [-0.4, -0.2) is 42.2 Å². The van der Waals surface area contributed by atoms with Crippen LogP contribution in [0, 0.1) is 10.1 Å². The molecule has 100 valence electrons. The summed E-state index contributed by atoms with van der Waals surface area (Å²) in [5.41, 5.74) is -0.124. The highest BCUT2D eigenvalue weighted by Gasteiger charge is 2.16. The Kier molecular flexibility index (Phi) is 5.78. The Hall–Kier alpha value is -1.96. The van der Waals surface area contributed by atoms with Crippen LogP contribution in [0.3, 0.4) is 0 Å². The van der Waals surface area contributed by atoms with Gasteiger partial charge in [-0.3, -0.25) is 10.1 Å². The van der Waals surface area contributed by atoms with E-state index in [1.165, 1.54) is 6.20 Å². The molecule has 0 saturated heterocycles. The fourth-order valence-corrected chi connectivity index (χ4v) is 1.34. The molecule has 0 spiro atoms. The first-order chi connectivity index (χ1) is 8.69. The lowest BCUT2D eigenvalue weighted by Gasteiger charge is -2.07. The molecule has 1 rings (SSSR count). The normalized spacial score (nSPS) is 10.1. The minimum atomic E-state index is -0.503. The molecule has 0 saturated carbocycles. The largest absolute Gasteiger partial charge is 0.385 e. The second-order valence-electron chi connectivity index (χ2n) is 3.56. The number of hydrogen-bond acceptors (Lipinski definition) is 7. The van der Waals surface area contributed by atoms with E-state index in [4.69, 9.17) is 4.74 Å². The third-order valence-electron chi connectivity index (χ3n) is 2.26. The predicted octanol–water partition coefficient (Wildman–Crippen LogP) is 1.26. The van der Waals surface area contributed by atoms with Crippen molar-refractivity contribution in [3.8, 4) is 0 Å². The topological polar surface area (TPSA) is 102 Å². The van der Waals surface area contributed by atoms with Crippen LogP contribution in [0.5, 0.6) is 0 Å². The van der Waals surface area contributed by atoms with Gasteiger partial charge in [0.25, 0.3) is 0 Å². The maximum absolute atomic E-state index is 10.8. The third-order valence-corrected chi connectivity index (χ3v) is 2.26. The molecule has 1 aromatic rings. The molecule has 8 heteroatoms. The van der Waals surface area contributed by atoms with Gasteiger partial charge in [0, 0.05) is 27.3 Å². The fourth-order valence-electron chi connectivity index (χ4n) is 1.34. The summed E-state index contributed by atoms with van der Waals surface area (Å²) in [5, 5.41) is 16.5. The van der Waals surface area contributed by atoms with Crippen LogP contribution in [0.4, 0.5) is 17.5 Å². The highest BCUT2D eigenvalue weighted by Crippen LogP contribution is 2.21. The average molecular weight is 255 g/mol. The summed E-state index contributed by atoms with van der Waals surface area (Å²) in [6.07, 6.45) is 2.93. The first-order valence-corrected chi connectivity index (χ1v) is 5.61. The van der Waals surface area contributed by atoms with E-state index in [1.54, 1.807) is 14.2 Å². The van der Waals surface area contributed by atoms with Crippen molar-refractivity contribution in [2.45, 2.75) is 12.8 Å². The lowest BCUT2D eigenvalue weighted by atomic mass is 10.3. The second kappa shape index (κ2) is 7.38. The molecule has 0 aliphatic rings. The van der Waals surface area contributed by atoms with Gasteiger partial charge in [-0.05, 0) is 12.8 Å². The van der Waals surface area contributed by atoms with Gasteiger partial charge in [-0.25, -0.2) is 4.98 Å². The molecule has 0 fully saturated rings. The first-order valence-electron chi connectivity index (χ1n) is 5.61. The average Bonchev–Trinajstić information content (AvgIpc) is 2.38. The van der Waals surface area contributed by atoms with E-state index in [0.29, 0.717) is 19.1 Å².